The van der Waals surface area contributed by atoms with Gasteiger partial charge < -0.3 is 13.7 Å². The molecule has 0 saturated heterocycles. The summed E-state index contributed by atoms with van der Waals surface area (Å²) in [5.74, 6) is 0.168. The number of fused-ring (bicyclic) bond motifs is 2. The fraction of sp³-hybridized carbons (Fsp3) is 0.150. The predicted octanol–water partition coefficient (Wildman–Crippen LogP) is 3.49. The molecule has 7 nitrogen and oxygen atoms in total. The van der Waals surface area contributed by atoms with Crippen molar-refractivity contribution in [2.75, 3.05) is 0 Å². The SMILES string of the molecule is CC1c2cc(-c3cnco3)ccc2C(=O)N1Cc1ccc2[nH]c(=O)oc2c1. The summed E-state index contributed by atoms with van der Waals surface area (Å²) in [7, 11) is 0. The Labute approximate surface area is 153 Å². The van der Waals surface area contributed by atoms with Crippen molar-refractivity contribution in [1.82, 2.24) is 14.9 Å². The number of carbonyl (C=O) groups excluding carboxylic acids is 1. The third kappa shape index (κ3) is 2.47. The summed E-state index contributed by atoms with van der Waals surface area (Å²) in [5.41, 5.74) is 4.58. The third-order valence-corrected chi connectivity index (χ3v) is 5.02. The summed E-state index contributed by atoms with van der Waals surface area (Å²) in [6, 6.07) is 11.1. The number of nitrogens with zero attached hydrogens (tertiary/aromatic N) is 2. The Bertz CT molecular complexity index is 1220. The van der Waals surface area contributed by atoms with Gasteiger partial charge in [0.1, 0.15) is 0 Å². The van der Waals surface area contributed by atoms with E-state index in [9.17, 15) is 9.59 Å². The van der Waals surface area contributed by atoms with E-state index in [1.165, 1.54) is 6.39 Å². The van der Waals surface area contributed by atoms with E-state index in [2.05, 4.69) is 9.97 Å². The van der Waals surface area contributed by atoms with Gasteiger partial charge in [-0.05, 0) is 42.3 Å². The van der Waals surface area contributed by atoms with Crippen LogP contribution in [0, 0.1) is 0 Å². The van der Waals surface area contributed by atoms with Gasteiger partial charge in [-0.3, -0.25) is 9.78 Å². The van der Waals surface area contributed by atoms with Crippen molar-refractivity contribution in [2.45, 2.75) is 19.5 Å². The van der Waals surface area contributed by atoms with Crippen LogP contribution in [0.5, 0.6) is 0 Å². The second-order valence-electron chi connectivity index (χ2n) is 6.62. The molecule has 27 heavy (non-hydrogen) atoms. The lowest BCUT2D eigenvalue weighted by Gasteiger charge is -2.22. The van der Waals surface area contributed by atoms with Gasteiger partial charge in [0.25, 0.3) is 5.91 Å². The Balaban J connectivity index is 1.47. The monoisotopic (exact) mass is 361 g/mol. The van der Waals surface area contributed by atoms with Gasteiger partial charge in [-0.2, -0.15) is 0 Å². The van der Waals surface area contributed by atoms with Crippen molar-refractivity contribution >= 4 is 17.0 Å². The molecular weight excluding hydrogens is 346 g/mol. The Morgan fingerprint density at radius 3 is 2.89 bits per heavy atom. The van der Waals surface area contributed by atoms with Crippen LogP contribution in [0.2, 0.25) is 0 Å². The highest BCUT2D eigenvalue weighted by atomic mass is 16.4. The fourth-order valence-electron chi connectivity index (χ4n) is 3.61. The average Bonchev–Trinajstić information content (AvgIpc) is 3.37. The first-order chi connectivity index (χ1) is 13.1. The standard InChI is InChI=1S/C20H15N3O4/c1-11-15-7-13(18-8-21-10-26-18)3-4-14(15)19(24)23(11)9-12-2-5-16-17(6-12)27-20(25)22-16/h2-8,10-11H,9H2,1H3,(H,22,25). The summed E-state index contributed by atoms with van der Waals surface area (Å²) in [6.45, 7) is 2.43. The molecule has 1 atom stereocenters. The molecule has 1 N–H and O–H groups in total. The Hall–Kier alpha value is -3.61. The van der Waals surface area contributed by atoms with Crippen molar-refractivity contribution in [1.29, 1.82) is 0 Å². The first kappa shape index (κ1) is 15.6. The minimum atomic E-state index is -0.486. The second-order valence-corrected chi connectivity index (χ2v) is 6.62. The highest BCUT2D eigenvalue weighted by Crippen LogP contribution is 2.37. The number of aromatic amines is 1. The van der Waals surface area contributed by atoms with Gasteiger partial charge >= 0.3 is 5.76 Å². The van der Waals surface area contributed by atoms with Crippen molar-refractivity contribution in [3.63, 3.8) is 0 Å². The Morgan fingerprint density at radius 2 is 2.07 bits per heavy atom. The van der Waals surface area contributed by atoms with E-state index in [0.29, 0.717) is 29.0 Å². The molecule has 1 amide bonds. The first-order valence-corrected chi connectivity index (χ1v) is 8.56. The number of H-pyrrole nitrogens is 1. The molecule has 1 aliphatic rings. The van der Waals surface area contributed by atoms with Gasteiger partial charge in [0.2, 0.25) is 0 Å². The summed E-state index contributed by atoms with van der Waals surface area (Å²) < 4.78 is 10.5. The van der Waals surface area contributed by atoms with Crippen LogP contribution in [0.3, 0.4) is 0 Å². The zero-order chi connectivity index (χ0) is 18.5. The van der Waals surface area contributed by atoms with Crippen LogP contribution in [0.1, 0.15) is 34.5 Å². The quantitative estimate of drug-likeness (QED) is 0.603. The van der Waals surface area contributed by atoms with E-state index >= 15 is 0 Å². The Kier molecular flexibility index (Phi) is 3.30. The van der Waals surface area contributed by atoms with E-state index in [-0.39, 0.29) is 11.9 Å². The molecule has 5 rings (SSSR count). The summed E-state index contributed by atoms with van der Waals surface area (Å²) in [5, 5.41) is 0. The van der Waals surface area contributed by atoms with Crippen LogP contribution in [0.4, 0.5) is 0 Å². The van der Waals surface area contributed by atoms with Crippen LogP contribution in [0.15, 0.2) is 62.6 Å². The van der Waals surface area contributed by atoms with Crippen molar-refractivity contribution in [2.24, 2.45) is 0 Å². The molecule has 0 aliphatic carbocycles. The average molecular weight is 361 g/mol. The number of benzene rings is 2. The molecule has 1 unspecified atom stereocenters. The maximum atomic E-state index is 12.9. The Morgan fingerprint density at radius 1 is 1.19 bits per heavy atom. The lowest BCUT2D eigenvalue weighted by atomic mass is 10.0. The summed E-state index contributed by atoms with van der Waals surface area (Å²) >= 11 is 0. The van der Waals surface area contributed by atoms with Gasteiger partial charge in [-0.1, -0.05) is 12.1 Å². The fourth-order valence-corrected chi connectivity index (χ4v) is 3.61. The zero-order valence-electron chi connectivity index (χ0n) is 14.4. The summed E-state index contributed by atoms with van der Waals surface area (Å²) in [6.07, 6.45) is 3.04. The number of hydrogen-bond acceptors (Lipinski definition) is 5. The smallest absolute Gasteiger partial charge is 0.417 e. The minimum Gasteiger partial charge on any atom is -0.444 e. The number of aromatic nitrogens is 2. The number of oxazole rings is 2. The zero-order valence-corrected chi connectivity index (χ0v) is 14.4. The van der Waals surface area contributed by atoms with Crippen molar-refractivity contribution in [3.05, 3.63) is 76.2 Å². The molecule has 0 spiro atoms. The molecule has 7 heteroatoms. The molecule has 0 bridgehead atoms. The van der Waals surface area contributed by atoms with Crippen LogP contribution in [0.25, 0.3) is 22.4 Å². The molecule has 1 aliphatic heterocycles. The van der Waals surface area contributed by atoms with E-state index in [4.69, 9.17) is 8.83 Å². The molecular formula is C20H15N3O4. The van der Waals surface area contributed by atoms with E-state index in [0.717, 1.165) is 16.7 Å². The molecule has 4 aromatic rings. The largest absolute Gasteiger partial charge is 0.444 e. The second kappa shape index (κ2) is 5.70. The molecule has 134 valence electrons. The van der Waals surface area contributed by atoms with Gasteiger partial charge in [0.05, 0.1) is 17.8 Å². The van der Waals surface area contributed by atoms with E-state index in [1.807, 2.05) is 31.2 Å². The molecule has 2 aromatic heterocycles. The first-order valence-electron chi connectivity index (χ1n) is 8.56. The van der Waals surface area contributed by atoms with Gasteiger partial charge in [0.15, 0.2) is 17.7 Å². The van der Waals surface area contributed by atoms with Crippen LogP contribution in [-0.2, 0) is 6.54 Å². The van der Waals surface area contributed by atoms with Gasteiger partial charge in [-0.25, -0.2) is 9.78 Å². The molecule has 3 heterocycles. The summed E-state index contributed by atoms with van der Waals surface area (Å²) in [4.78, 5) is 32.6. The lowest BCUT2D eigenvalue weighted by molar-refractivity contribution is 0.0723. The lowest BCUT2D eigenvalue weighted by Crippen LogP contribution is -2.26. The molecule has 0 fully saturated rings. The van der Waals surface area contributed by atoms with Crippen molar-refractivity contribution in [3.8, 4) is 11.3 Å². The van der Waals surface area contributed by atoms with Gasteiger partial charge in [-0.15, -0.1) is 0 Å². The molecule has 0 saturated carbocycles. The highest BCUT2D eigenvalue weighted by molar-refractivity contribution is 5.99. The molecule has 2 aromatic carbocycles. The van der Waals surface area contributed by atoms with E-state index in [1.54, 1.807) is 23.2 Å². The molecule has 0 radical (unpaired) electrons. The number of nitrogens with one attached hydrogen (secondary N) is 1. The third-order valence-electron chi connectivity index (χ3n) is 5.02. The predicted molar refractivity (Wildman–Crippen MR) is 97.1 cm³/mol. The number of carbonyl (C=O) groups is 1. The highest BCUT2D eigenvalue weighted by Gasteiger charge is 2.34. The topological polar surface area (TPSA) is 92.3 Å². The number of amides is 1. The minimum absolute atomic E-state index is 0.0164. The van der Waals surface area contributed by atoms with E-state index < -0.39 is 5.76 Å². The van der Waals surface area contributed by atoms with Crippen LogP contribution < -0.4 is 5.76 Å². The normalized spacial score (nSPS) is 16.3. The maximum Gasteiger partial charge on any atom is 0.417 e. The number of hydrogen-bond donors (Lipinski definition) is 1. The van der Waals surface area contributed by atoms with Crippen molar-refractivity contribution < 1.29 is 13.6 Å². The number of rotatable bonds is 3. The van der Waals surface area contributed by atoms with Gasteiger partial charge in [0, 0.05) is 17.7 Å². The maximum absolute atomic E-state index is 12.9. The van der Waals surface area contributed by atoms with Crippen LogP contribution in [-0.4, -0.2) is 20.8 Å². The van der Waals surface area contributed by atoms with Crippen LogP contribution >= 0.6 is 0 Å².